The number of nitrogens with zero attached hydrogens (tertiary/aromatic N) is 1. The maximum Gasteiger partial charge on any atom is 0.322 e. The van der Waals surface area contributed by atoms with E-state index in [2.05, 4.69) is 12.2 Å². The number of hydrogen-bond donors (Lipinski definition) is 2. The summed E-state index contributed by atoms with van der Waals surface area (Å²) in [5, 5.41) is 12.6. The Labute approximate surface area is 237 Å². The fourth-order valence-electron chi connectivity index (χ4n) is 4.29. The number of nitrogens with one attached hydrogen (secondary N) is 1. The van der Waals surface area contributed by atoms with Gasteiger partial charge in [0.2, 0.25) is 0 Å². The minimum Gasteiger partial charge on any atom is -0.493 e. The van der Waals surface area contributed by atoms with Crippen LogP contribution < -0.4 is 24.3 Å². The lowest BCUT2D eigenvalue weighted by Crippen LogP contribution is -2.41. The number of rotatable bonds is 16. The number of amides is 2. The lowest BCUT2D eigenvalue weighted by molar-refractivity contribution is 0.168. The van der Waals surface area contributed by atoms with Crippen LogP contribution in [0.2, 0.25) is 0 Å². The molecule has 0 unspecified atom stereocenters. The van der Waals surface area contributed by atoms with E-state index in [9.17, 15) is 9.90 Å². The molecule has 0 saturated heterocycles. The summed E-state index contributed by atoms with van der Waals surface area (Å²) in [6, 6.07) is 20.3. The van der Waals surface area contributed by atoms with Gasteiger partial charge in [-0.1, -0.05) is 62.2 Å². The summed E-state index contributed by atoms with van der Waals surface area (Å²) >= 11 is 0. The quantitative estimate of drug-likeness (QED) is 0.194. The molecule has 0 aliphatic heterocycles. The van der Waals surface area contributed by atoms with Gasteiger partial charge >= 0.3 is 6.03 Å². The van der Waals surface area contributed by atoms with Gasteiger partial charge in [-0.15, -0.1) is 0 Å². The predicted octanol–water partition coefficient (Wildman–Crippen LogP) is 6.66. The van der Waals surface area contributed by atoms with Gasteiger partial charge in [-0.25, -0.2) is 4.79 Å². The van der Waals surface area contributed by atoms with Crippen molar-refractivity contribution in [3.05, 3.63) is 77.9 Å². The number of para-hydroxylation sites is 1. The molecule has 2 amide bonds. The van der Waals surface area contributed by atoms with Crippen LogP contribution in [-0.2, 0) is 13.2 Å². The smallest absolute Gasteiger partial charge is 0.322 e. The Hall–Kier alpha value is -3.91. The number of unbranched alkanes of at least 4 members (excludes halogenated alkanes) is 2. The Bertz CT molecular complexity index is 1190. The number of aliphatic hydroxyl groups is 1. The summed E-state index contributed by atoms with van der Waals surface area (Å²) in [6.45, 7) is 5.20. The average Bonchev–Trinajstić information content (AvgIpc) is 2.97. The fraction of sp³-hybridized carbons (Fsp3) is 0.406. The molecule has 0 spiro atoms. The van der Waals surface area contributed by atoms with Crippen LogP contribution >= 0.6 is 0 Å². The first-order valence-corrected chi connectivity index (χ1v) is 13.8. The highest BCUT2D eigenvalue weighted by atomic mass is 16.5. The molecule has 216 valence electrons. The van der Waals surface area contributed by atoms with Crippen molar-refractivity contribution in [2.24, 2.45) is 0 Å². The maximum atomic E-state index is 13.6. The number of aliphatic hydroxyl groups excluding tert-OH is 1. The van der Waals surface area contributed by atoms with Crippen LogP contribution in [0.1, 0.15) is 50.7 Å². The molecule has 3 aromatic rings. The first-order valence-electron chi connectivity index (χ1n) is 13.8. The zero-order valence-corrected chi connectivity index (χ0v) is 24.0. The molecule has 0 bridgehead atoms. The molecule has 1 atom stereocenters. The van der Waals surface area contributed by atoms with E-state index < -0.39 is 0 Å². The molecular weight excluding hydrogens is 508 g/mol. The summed E-state index contributed by atoms with van der Waals surface area (Å²) in [5.41, 5.74) is 2.41. The highest BCUT2D eigenvalue weighted by molar-refractivity contribution is 5.90. The first-order chi connectivity index (χ1) is 19.5. The fourth-order valence-corrected chi connectivity index (χ4v) is 4.29. The van der Waals surface area contributed by atoms with Gasteiger partial charge in [0.15, 0.2) is 23.0 Å². The van der Waals surface area contributed by atoms with Gasteiger partial charge in [-0.2, -0.15) is 0 Å². The van der Waals surface area contributed by atoms with E-state index in [1.165, 1.54) is 0 Å². The minimum absolute atomic E-state index is 0.0430. The van der Waals surface area contributed by atoms with Crippen LogP contribution in [0, 0.1) is 0 Å². The van der Waals surface area contributed by atoms with Crippen molar-refractivity contribution in [3.8, 4) is 23.0 Å². The SMILES string of the molecule is CCCCCOc1cc(NC(=O)N(Cc2cccc(OC)c2OCc2ccccc2)[C@@H](C)CCO)ccc1OC. The second-order valence-corrected chi connectivity index (χ2v) is 9.56. The van der Waals surface area contributed by atoms with Crippen LogP contribution in [0.15, 0.2) is 66.7 Å². The lowest BCUT2D eigenvalue weighted by Gasteiger charge is -2.30. The van der Waals surface area contributed by atoms with E-state index in [1.54, 1.807) is 37.3 Å². The van der Waals surface area contributed by atoms with Gasteiger partial charge in [0.1, 0.15) is 6.61 Å². The summed E-state index contributed by atoms with van der Waals surface area (Å²) < 4.78 is 23.2. The number of methoxy groups -OCH3 is 2. The number of carbonyl (C=O) groups excluding carboxylic acids is 1. The van der Waals surface area contributed by atoms with Crippen molar-refractivity contribution < 1.29 is 28.8 Å². The zero-order valence-electron chi connectivity index (χ0n) is 24.0. The van der Waals surface area contributed by atoms with Gasteiger partial charge in [0, 0.05) is 30.0 Å². The van der Waals surface area contributed by atoms with Crippen LogP contribution in [0.5, 0.6) is 23.0 Å². The third-order valence-corrected chi connectivity index (χ3v) is 6.61. The molecular formula is C32H42N2O6. The van der Waals surface area contributed by atoms with E-state index in [0.29, 0.717) is 48.3 Å². The molecule has 8 nitrogen and oxygen atoms in total. The number of anilines is 1. The maximum absolute atomic E-state index is 13.6. The summed E-state index contributed by atoms with van der Waals surface area (Å²) in [7, 11) is 3.19. The van der Waals surface area contributed by atoms with E-state index in [-0.39, 0.29) is 25.2 Å². The molecule has 0 saturated carbocycles. The van der Waals surface area contributed by atoms with E-state index in [1.807, 2.05) is 55.5 Å². The zero-order chi connectivity index (χ0) is 28.7. The molecule has 2 N–H and O–H groups in total. The number of carbonyl (C=O) groups is 1. The van der Waals surface area contributed by atoms with Crippen molar-refractivity contribution in [1.29, 1.82) is 0 Å². The molecule has 3 rings (SSSR count). The van der Waals surface area contributed by atoms with Crippen LogP contribution in [0.25, 0.3) is 0 Å². The highest BCUT2D eigenvalue weighted by Gasteiger charge is 2.24. The molecule has 0 aliphatic carbocycles. The standard InChI is InChI=1S/C32H42N2O6/c1-5-6-10-20-39-30-21-27(16-17-28(30)37-3)33-32(36)34(24(2)18-19-35)22-26-14-11-15-29(38-4)31(26)40-23-25-12-8-7-9-13-25/h7-9,11-17,21,24,35H,5-6,10,18-20,22-23H2,1-4H3,(H,33,36)/t24-/m0/s1. The second-order valence-electron chi connectivity index (χ2n) is 9.56. The minimum atomic E-state index is -0.306. The third-order valence-electron chi connectivity index (χ3n) is 6.61. The Kier molecular flexibility index (Phi) is 12.4. The Morgan fingerprint density at radius 1 is 0.925 bits per heavy atom. The molecule has 0 fully saturated rings. The number of hydrogen-bond acceptors (Lipinski definition) is 6. The molecule has 0 aromatic heterocycles. The van der Waals surface area contributed by atoms with Gasteiger partial charge in [-0.3, -0.25) is 0 Å². The average molecular weight is 551 g/mol. The Morgan fingerprint density at radius 2 is 1.70 bits per heavy atom. The van der Waals surface area contributed by atoms with Crippen molar-refractivity contribution >= 4 is 11.7 Å². The van der Waals surface area contributed by atoms with E-state index in [0.717, 1.165) is 30.4 Å². The summed E-state index contributed by atoms with van der Waals surface area (Å²) in [5.74, 6) is 2.35. The Morgan fingerprint density at radius 3 is 2.40 bits per heavy atom. The lowest BCUT2D eigenvalue weighted by atomic mass is 10.1. The third kappa shape index (κ3) is 8.81. The molecule has 8 heteroatoms. The van der Waals surface area contributed by atoms with Crippen molar-refractivity contribution in [2.75, 3.05) is 32.8 Å². The van der Waals surface area contributed by atoms with Gasteiger partial charge in [0.25, 0.3) is 0 Å². The van der Waals surface area contributed by atoms with Crippen molar-refractivity contribution in [2.45, 2.75) is 58.7 Å². The predicted molar refractivity (Wildman–Crippen MR) is 158 cm³/mol. The largest absolute Gasteiger partial charge is 0.493 e. The van der Waals surface area contributed by atoms with Gasteiger partial charge in [-0.05, 0) is 43.5 Å². The molecule has 40 heavy (non-hydrogen) atoms. The summed E-state index contributed by atoms with van der Waals surface area (Å²) in [6.07, 6.45) is 3.55. The molecule has 0 radical (unpaired) electrons. The number of ether oxygens (including phenoxy) is 4. The van der Waals surface area contributed by atoms with E-state index >= 15 is 0 Å². The normalized spacial score (nSPS) is 11.4. The number of benzene rings is 3. The highest BCUT2D eigenvalue weighted by Crippen LogP contribution is 2.34. The van der Waals surface area contributed by atoms with Gasteiger partial charge in [0.05, 0.1) is 27.4 Å². The van der Waals surface area contributed by atoms with Crippen LogP contribution in [-0.4, -0.2) is 49.5 Å². The van der Waals surface area contributed by atoms with Crippen molar-refractivity contribution in [1.82, 2.24) is 4.90 Å². The molecule has 0 heterocycles. The number of urea groups is 1. The molecule has 0 aliphatic rings. The van der Waals surface area contributed by atoms with Gasteiger partial charge < -0.3 is 34.3 Å². The second kappa shape index (κ2) is 16.3. The monoisotopic (exact) mass is 550 g/mol. The van der Waals surface area contributed by atoms with E-state index in [4.69, 9.17) is 18.9 Å². The summed E-state index contributed by atoms with van der Waals surface area (Å²) in [4.78, 5) is 15.3. The topological polar surface area (TPSA) is 89.5 Å². The van der Waals surface area contributed by atoms with Crippen LogP contribution in [0.3, 0.4) is 0 Å². The van der Waals surface area contributed by atoms with Crippen LogP contribution in [0.4, 0.5) is 10.5 Å². The molecule has 3 aromatic carbocycles. The first kappa shape index (κ1) is 30.6. The Balaban J connectivity index is 1.82. The van der Waals surface area contributed by atoms with Crippen molar-refractivity contribution in [3.63, 3.8) is 0 Å².